The third kappa shape index (κ3) is 3.14. The Kier molecular flexibility index (Phi) is 3.46. The van der Waals surface area contributed by atoms with Crippen molar-refractivity contribution < 1.29 is 4.79 Å². The fourth-order valence-corrected chi connectivity index (χ4v) is 1.91. The summed E-state index contributed by atoms with van der Waals surface area (Å²) in [5.41, 5.74) is 1.59. The molecule has 3 rings (SSSR count). The molecule has 1 amide bonds. The van der Waals surface area contributed by atoms with Gasteiger partial charge in [0.15, 0.2) is 0 Å². The van der Waals surface area contributed by atoms with Gasteiger partial charge in [0.05, 0.1) is 18.3 Å². The minimum atomic E-state index is -0.277. The lowest BCUT2D eigenvalue weighted by molar-refractivity contribution is 0.102. The zero-order chi connectivity index (χ0) is 14.7. The molecule has 0 spiro atoms. The summed E-state index contributed by atoms with van der Waals surface area (Å²) in [4.78, 5) is 16.0. The Morgan fingerprint density at radius 2 is 2.10 bits per heavy atom. The molecular weight excluding hydrogens is 268 g/mol. The molecule has 21 heavy (non-hydrogen) atoms. The Hall–Kier alpha value is -2.96. The van der Waals surface area contributed by atoms with Gasteiger partial charge < -0.3 is 0 Å². The van der Waals surface area contributed by atoms with Gasteiger partial charge in [-0.3, -0.25) is 14.8 Å². The summed E-state index contributed by atoms with van der Waals surface area (Å²) in [7, 11) is 1.75. The maximum absolute atomic E-state index is 11.9. The molecule has 7 nitrogen and oxygen atoms in total. The molecule has 0 fully saturated rings. The molecule has 2 aromatic heterocycles. The smallest absolute Gasteiger partial charge is 0.261 e. The van der Waals surface area contributed by atoms with Crippen molar-refractivity contribution in [3.05, 3.63) is 60.2 Å². The van der Waals surface area contributed by atoms with Crippen molar-refractivity contribution in [1.82, 2.24) is 24.5 Å². The molecule has 0 aliphatic carbocycles. The normalized spacial score (nSPS) is 10.5. The number of amides is 1. The lowest BCUT2D eigenvalue weighted by Gasteiger charge is -2.00. The standard InChI is InChI=1S/C14H14N6O/c1-19-9-12(7-16-19)13(21)17-14-15-10-20(18-14)8-11-5-3-2-4-6-11/h2-7,9-10H,8H2,1H3,(H,17,18,21). The molecule has 0 unspecified atom stereocenters. The second-order valence-corrected chi connectivity index (χ2v) is 4.61. The molecule has 0 aliphatic rings. The zero-order valence-corrected chi connectivity index (χ0v) is 11.5. The van der Waals surface area contributed by atoms with Gasteiger partial charge in [0.25, 0.3) is 5.91 Å². The number of nitrogens with one attached hydrogen (secondary N) is 1. The quantitative estimate of drug-likeness (QED) is 0.782. The van der Waals surface area contributed by atoms with Crippen LogP contribution in [0.25, 0.3) is 0 Å². The van der Waals surface area contributed by atoms with Gasteiger partial charge >= 0.3 is 0 Å². The molecule has 0 radical (unpaired) electrons. The van der Waals surface area contributed by atoms with Crippen molar-refractivity contribution >= 4 is 11.9 Å². The number of anilines is 1. The van der Waals surface area contributed by atoms with Gasteiger partial charge in [0.2, 0.25) is 5.95 Å². The van der Waals surface area contributed by atoms with E-state index in [9.17, 15) is 4.79 Å². The number of aromatic nitrogens is 5. The van der Waals surface area contributed by atoms with E-state index in [2.05, 4.69) is 20.5 Å². The molecule has 3 aromatic rings. The topological polar surface area (TPSA) is 77.6 Å². The number of nitrogens with zero attached hydrogens (tertiary/aromatic N) is 5. The van der Waals surface area contributed by atoms with E-state index in [1.165, 1.54) is 6.20 Å². The number of aryl methyl sites for hydroxylation is 1. The number of benzene rings is 1. The minimum Gasteiger partial charge on any atom is -0.289 e. The Morgan fingerprint density at radius 3 is 2.81 bits per heavy atom. The molecule has 0 atom stereocenters. The van der Waals surface area contributed by atoms with Gasteiger partial charge in [-0.2, -0.15) is 5.10 Å². The first kappa shape index (κ1) is 13.0. The van der Waals surface area contributed by atoms with Gasteiger partial charge in [0.1, 0.15) is 6.33 Å². The fraction of sp³-hybridized carbons (Fsp3) is 0.143. The van der Waals surface area contributed by atoms with E-state index in [1.807, 2.05) is 30.3 Å². The van der Waals surface area contributed by atoms with Crippen LogP contribution in [-0.4, -0.2) is 30.5 Å². The van der Waals surface area contributed by atoms with Gasteiger partial charge in [-0.1, -0.05) is 30.3 Å². The maximum atomic E-state index is 11.9. The average molecular weight is 282 g/mol. The number of hydrogen-bond donors (Lipinski definition) is 1. The molecule has 7 heteroatoms. The first-order valence-electron chi connectivity index (χ1n) is 6.44. The van der Waals surface area contributed by atoms with Crippen LogP contribution in [-0.2, 0) is 13.6 Å². The average Bonchev–Trinajstić information content (AvgIpc) is 3.09. The highest BCUT2D eigenvalue weighted by Crippen LogP contribution is 2.05. The van der Waals surface area contributed by atoms with Crippen molar-refractivity contribution in [1.29, 1.82) is 0 Å². The molecule has 1 aromatic carbocycles. The second-order valence-electron chi connectivity index (χ2n) is 4.61. The summed E-state index contributed by atoms with van der Waals surface area (Å²) < 4.78 is 3.24. The van der Waals surface area contributed by atoms with Crippen LogP contribution in [0.1, 0.15) is 15.9 Å². The highest BCUT2D eigenvalue weighted by atomic mass is 16.1. The first-order chi connectivity index (χ1) is 10.2. The van der Waals surface area contributed by atoms with Crippen LogP contribution in [0.4, 0.5) is 5.95 Å². The number of hydrogen-bond acceptors (Lipinski definition) is 4. The van der Waals surface area contributed by atoms with Gasteiger partial charge in [-0.25, -0.2) is 9.67 Å². The third-order valence-electron chi connectivity index (χ3n) is 2.92. The summed E-state index contributed by atoms with van der Waals surface area (Å²) in [6, 6.07) is 9.92. The second kappa shape index (κ2) is 5.58. The number of carbonyl (C=O) groups excluding carboxylic acids is 1. The van der Waals surface area contributed by atoms with Crippen molar-refractivity contribution in [2.24, 2.45) is 7.05 Å². The summed E-state index contributed by atoms with van der Waals surface area (Å²) in [5.74, 6) is 0.000320. The van der Waals surface area contributed by atoms with Crippen molar-refractivity contribution in [2.75, 3.05) is 5.32 Å². The van der Waals surface area contributed by atoms with Crippen molar-refractivity contribution in [3.63, 3.8) is 0 Å². The largest absolute Gasteiger partial charge is 0.289 e. The predicted molar refractivity (Wildman–Crippen MR) is 76.7 cm³/mol. The Labute approximate surface area is 121 Å². The monoisotopic (exact) mass is 282 g/mol. The molecule has 2 heterocycles. The van der Waals surface area contributed by atoms with E-state index >= 15 is 0 Å². The van der Waals surface area contributed by atoms with E-state index < -0.39 is 0 Å². The Bertz CT molecular complexity index is 746. The molecule has 0 saturated heterocycles. The van der Waals surface area contributed by atoms with Crippen LogP contribution in [0.2, 0.25) is 0 Å². The summed E-state index contributed by atoms with van der Waals surface area (Å²) >= 11 is 0. The van der Waals surface area contributed by atoms with Gasteiger partial charge in [-0.05, 0) is 5.56 Å². The van der Waals surface area contributed by atoms with Crippen LogP contribution in [0.3, 0.4) is 0 Å². The van der Waals surface area contributed by atoms with Crippen LogP contribution in [0, 0.1) is 0 Å². The maximum Gasteiger partial charge on any atom is 0.261 e. The van der Waals surface area contributed by atoms with Crippen molar-refractivity contribution in [2.45, 2.75) is 6.54 Å². The summed E-state index contributed by atoms with van der Waals surface area (Å²) in [6.07, 6.45) is 4.72. The van der Waals surface area contributed by atoms with E-state index in [-0.39, 0.29) is 11.9 Å². The van der Waals surface area contributed by atoms with Crippen molar-refractivity contribution in [3.8, 4) is 0 Å². The van der Waals surface area contributed by atoms with Crippen LogP contribution < -0.4 is 5.32 Å². The van der Waals surface area contributed by atoms with E-state index in [4.69, 9.17) is 0 Å². The summed E-state index contributed by atoms with van der Waals surface area (Å²) in [5, 5.41) is 10.8. The van der Waals surface area contributed by atoms with E-state index in [0.717, 1.165) is 5.56 Å². The lowest BCUT2D eigenvalue weighted by Crippen LogP contribution is -2.12. The fourth-order valence-electron chi connectivity index (χ4n) is 1.91. The highest BCUT2D eigenvalue weighted by Gasteiger charge is 2.10. The zero-order valence-electron chi connectivity index (χ0n) is 11.5. The molecular formula is C14H14N6O. The van der Waals surface area contributed by atoms with E-state index in [0.29, 0.717) is 12.1 Å². The Morgan fingerprint density at radius 1 is 1.29 bits per heavy atom. The minimum absolute atomic E-state index is 0.277. The molecule has 106 valence electrons. The van der Waals surface area contributed by atoms with Crippen LogP contribution in [0.5, 0.6) is 0 Å². The molecule has 1 N–H and O–H groups in total. The van der Waals surface area contributed by atoms with Gasteiger partial charge in [-0.15, -0.1) is 5.10 Å². The van der Waals surface area contributed by atoms with Crippen LogP contribution in [0.15, 0.2) is 49.1 Å². The SMILES string of the molecule is Cn1cc(C(=O)Nc2ncn(Cc3ccccc3)n2)cn1. The number of carbonyl (C=O) groups is 1. The highest BCUT2D eigenvalue weighted by molar-refractivity contribution is 6.02. The first-order valence-corrected chi connectivity index (χ1v) is 6.44. The predicted octanol–water partition coefficient (Wildman–Crippen LogP) is 1.31. The lowest BCUT2D eigenvalue weighted by atomic mass is 10.2. The van der Waals surface area contributed by atoms with E-state index in [1.54, 1.807) is 28.9 Å². The molecule has 0 aliphatic heterocycles. The Balaban J connectivity index is 1.66. The summed E-state index contributed by atoms with van der Waals surface area (Å²) in [6.45, 7) is 0.608. The number of rotatable bonds is 4. The molecule has 0 bridgehead atoms. The van der Waals surface area contributed by atoms with Gasteiger partial charge in [0, 0.05) is 13.2 Å². The third-order valence-corrected chi connectivity index (χ3v) is 2.92. The van der Waals surface area contributed by atoms with Crippen LogP contribution >= 0.6 is 0 Å². The molecule has 0 saturated carbocycles.